The maximum absolute atomic E-state index is 12.5. The average molecular weight is 402 g/mol. The highest BCUT2D eigenvalue weighted by atomic mass is 32.2. The molecule has 0 radical (unpaired) electrons. The highest BCUT2D eigenvalue weighted by Gasteiger charge is 2.40. The summed E-state index contributed by atoms with van der Waals surface area (Å²) in [5.74, 6) is 0.309. The normalized spacial score (nSPS) is 16.6. The van der Waals surface area contributed by atoms with E-state index in [0.717, 1.165) is 30.7 Å². The van der Waals surface area contributed by atoms with Crippen molar-refractivity contribution in [3.05, 3.63) is 30.3 Å². The zero-order valence-corrected chi connectivity index (χ0v) is 17.2. The van der Waals surface area contributed by atoms with Crippen LogP contribution in [0.1, 0.15) is 52.0 Å². The molecule has 0 saturated heterocycles. The van der Waals surface area contributed by atoms with Crippen molar-refractivity contribution in [1.29, 1.82) is 0 Å². The number of thioether (sulfide) groups is 1. The number of aromatic nitrogens is 3. The highest BCUT2D eigenvalue weighted by Crippen LogP contribution is 2.31. The molecule has 0 bridgehead atoms. The van der Waals surface area contributed by atoms with Crippen LogP contribution in [0.3, 0.4) is 0 Å². The van der Waals surface area contributed by atoms with Gasteiger partial charge >= 0.3 is 0 Å². The van der Waals surface area contributed by atoms with E-state index in [4.69, 9.17) is 5.73 Å². The molecule has 1 aliphatic rings. The average Bonchev–Trinajstić information content (AvgIpc) is 3.34. The van der Waals surface area contributed by atoms with E-state index < -0.39 is 11.4 Å². The fourth-order valence-electron chi connectivity index (χ4n) is 3.58. The molecule has 1 unspecified atom stereocenters. The molecule has 1 fully saturated rings. The maximum Gasteiger partial charge on any atom is 0.243 e. The van der Waals surface area contributed by atoms with Crippen molar-refractivity contribution in [2.45, 2.75) is 62.7 Å². The van der Waals surface area contributed by atoms with Gasteiger partial charge in [-0.3, -0.25) is 14.2 Å². The first-order valence-electron chi connectivity index (χ1n) is 9.71. The lowest BCUT2D eigenvalue weighted by Crippen LogP contribution is -2.56. The van der Waals surface area contributed by atoms with Crippen molar-refractivity contribution in [3.63, 3.8) is 0 Å². The number of hydrogen-bond acceptors (Lipinski definition) is 5. The summed E-state index contributed by atoms with van der Waals surface area (Å²) in [5.41, 5.74) is 5.65. The summed E-state index contributed by atoms with van der Waals surface area (Å²) in [5, 5.41) is 12.3. The molecule has 1 aromatic carbocycles. The van der Waals surface area contributed by atoms with Gasteiger partial charge in [0, 0.05) is 11.6 Å². The minimum atomic E-state index is -0.892. The largest absolute Gasteiger partial charge is 0.368 e. The summed E-state index contributed by atoms with van der Waals surface area (Å²) in [6, 6.07) is 10.1. The lowest BCUT2D eigenvalue weighted by molar-refractivity contribution is -0.130. The van der Waals surface area contributed by atoms with Crippen molar-refractivity contribution in [1.82, 2.24) is 20.1 Å². The van der Waals surface area contributed by atoms with E-state index in [1.54, 1.807) is 0 Å². The van der Waals surface area contributed by atoms with Crippen LogP contribution >= 0.6 is 11.8 Å². The van der Waals surface area contributed by atoms with E-state index in [1.807, 2.05) is 30.3 Å². The van der Waals surface area contributed by atoms with Gasteiger partial charge in [-0.1, -0.05) is 61.9 Å². The maximum atomic E-state index is 12.5. The van der Waals surface area contributed by atoms with Crippen molar-refractivity contribution in [2.75, 3.05) is 5.75 Å². The number of hydrogen-bond donors (Lipinski definition) is 2. The molecule has 8 heteroatoms. The number of primary amides is 1. The van der Waals surface area contributed by atoms with Crippen LogP contribution in [0.15, 0.2) is 35.5 Å². The Balaban J connectivity index is 1.74. The number of amides is 2. The van der Waals surface area contributed by atoms with Crippen molar-refractivity contribution in [3.8, 4) is 11.4 Å². The van der Waals surface area contributed by atoms with Gasteiger partial charge in [0.25, 0.3) is 0 Å². The number of carbonyl (C=O) groups excluding carboxylic acids is 2. The molecule has 3 N–H and O–H groups in total. The van der Waals surface area contributed by atoms with E-state index in [9.17, 15) is 9.59 Å². The molecule has 1 heterocycles. The second-order valence-corrected chi connectivity index (χ2v) is 8.23. The number of nitrogens with zero attached hydrogens (tertiary/aromatic N) is 3. The van der Waals surface area contributed by atoms with E-state index >= 15 is 0 Å². The Morgan fingerprint density at radius 1 is 1.25 bits per heavy atom. The first kappa shape index (κ1) is 20.4. The summed E-state index contributed by atoms with van der Waals surface area (Å²) in [7, 11) is 0. The second-order valence-electron chi connectivity index (χ2n) is 7.29. The van der Waals surface area contributed by atoms with Gasteiger partial charge in [0.15, 0.2) is 11.0 Å². The predicted molar refractivity (Wildman–Crippen MR) is 110 cm³/mol. The quantitative estimate of drug-likeness (QED) is 0.662. The van der Waals surface area contributed by atoms with E-state index in [-0.39, 0.29) is 17.7 Å². The Morgan fingerprint density at radius 3 is 2.54 bits per heavy atom. The molecule has 2 amide bonds. The molecule has 1 saturated carbocycles. The Morgan fingerprint density at radius 2 is 1.93 bits per heavy atom. The fourth-order valence-corrected chi connectivity index (χ4v) is 4.42. The fraction of sp³-hybridized carbons (Fsp3) is 0.500. The molecule has 1 atom stereocenters. The topological polar surface area (TPSA) is 103 Å². The highest BCUT2D eigenvalue weighted by molar-refractivity contribution is 7.99. The standard InChI is InChI=1S/C20H27N5O2S/c1-3-14(2)25-17(15-9-5-4-6-10-15)23-24-19(25)28-13-16(26)22-20(18(21)27)11-7-8-12-20/h4-6,9-10,14H,3,7-8,11-13H2,1-2H3,(H2,21,27)(H,22,26). The predicted octanol–water partition coefficient (Wildman–Crippen LogP) is 2.92. The Bertz CT molecular complexity index is 830. The lowest BCUT2D eigenvalue weighted by atomic mass is 9.97. The number of rotatable bonds is 8. The van der Waals surface area contributed by atoms with Crippen LogP contribution in [0.2, 0.25) is 0 Å². The van der Waals surface area contributed by atoms with Crippen LogP contribution in [0.25, 0.3) is 11.4 Å². The van der Waals surface area contributed by atoms with Crippen LogP contribution in [-0.4, -0.2) is 37.9 Å². The van der Waals surface area contributed by atoms with E-state index in [1.165, 1.54) is 11.8 Å². The van der Waals surface area contributed by atoms with Gasteiger partial charge in [-0.25, -0.2) is 0 Å². The summed E-state index contributed by atoms with van der Waals surface area (Å²) in [6.07, 6.45) is 3.95. The first-order valence-corrected chi connectivity index (χ1v) is 10.7. The molecule has 1 aromatic heterocycles. The van der Waals surface area contributed by atoms with Crippen LogP contribution in [-0.2, 0) is 9.59 Å². The van der Waals surface area contributed by atoms with Gasteiger partial charge in [0.2, 0.25) is 11.8 Å². The summed E-state index contributed by atoms with van der Waals surface area (Å²) in [4.78, 5) is 24.4. The zero-order valence-electron chi connectivity index (χ0n) is 16.4. The Kier molecular flexibility index (Phi) is 6.39. The van der Waals surface area contributed by atoms with Gasteiger partial charge < -0.3 is 11.1 Å². The lowest BCUT2D eigenvalue weighted by Gasteiger charge is -2.26. The molecular formula is C20H27N5O2S. The number of nitrogens with two attached hydrogens (primary N) is 1. The first-order chi connectivity index (χ1) is 13.5. The Hall–Kier alpha value is -2.35. The van der Waals surface area contributed by atoms with Gasteiger partial charge in [0.1, 0.15) is 5.54 Å². The monoisotopic (exact) mass is 401 g/mol. The smallest absolute Gasteiger partial charge is 0.243 e. The second kappa shape index (κ2) is 8.77. The minimum Gasteiger partial charge on any atom is -0.368 e. The van der Waals surface area contributed by atoms with Crippen molar-refractivity contribution < 1.29 is 9.59 Å². The number of carbonyl (C=O) groups is 2. The van der Waals surface area contributed by atoms with Gasteiger partial charge in [0.05, 0.1) is 5.75 Å². The van der Waals surface area contributed by atoms with Crippen molar-refractivity contribution >= 4 is 23.6 Å². The van der Waals surface area contributed by atoms with E-state index in [2.05, 4.69) is 33.9 Å². The Labute approximate surface area is 169 Å². The van der Waals surface area contributed by atoms with Gasteiger partial charge in [-0.15, -0.1) is 10.2 Å². The van der Waals surface area contributed by atoms with Gasteiger partial charge in [-0.2, -0.15) is 0 Å². The van der Waals surface area contributed by atoms with Crippen LogP contribution in [0, 0.1) is 0 Å². The summed E-state index contributed by atoms with van der Waals surface area (Å²) in [6.45, 7) is 4.22. The summed E-state index contributed by atoms with van der Waals surface area (Å²) < 4.78 is 2.08. The molecule has 2 aromatic rings. The van der Waals surface area contributed by atoms with Crippen LogP contribution in [0.4, 0.5) is 0 Å². The van der Waals surface area contributed by atoms with Gasteiger partial charge in [-0.05, 0) is 26.2 Å². The molecule has 0 spiro atoms. The minimum absolute atomic E-state index is 0.165. The molecule has 28 heavy (non-hydrogen) atoms. The third-order valence-electron chi connectivity index (χ3n) is 5.37. The number of benzene rings is 1. The zero-order chi connectivity index (χ0) is 20.1. The SMILES string of the molecule is CCC(C)n1c(SCC(=O)NC2(C(N)=O)CCCC2)nnc1-c1ccccc1. The molecule has 150 valence electrons. The van der Waals surface area contributed by atoms with Crippen LogP contribution in [0.5, 0.6) is 0 Å². The molecule has 7 nitrogen and oxygen atoms in total. The third kappa shape index (κ3) is 4.22. The molecule has 3 rings (SSSR count). The molecular weight excluding hydrogens is 374 g/mol. The van der Waals surface area contributed by atoms with Crippen molar-refractivity contribution in [2.24, 2.45) is 5.73 Å². The molecule has 0 aliphatic heterocycles. The summed E-state index contributed by atoms with van der Waals surface area (Å²) >= 11 is 1.33. The third-order valence-corrected chi connectivity index (χ3v) is 6.31. The van der Waals surface area contributed by atoms with E-state index in [0.29, 0.717) is 18.0 Å². The van der Waals surface area contributed by atoms with Crippen LogP contribution < -0.4 is 11.1 Å². The number of nitrogens with one attached hydrogen (secondary N) is 1. The molecule has 1 aliphatic carbocycles.